The highest BCUT2D eigenvalue weighted by Crippen LogP contribution is 2.28. The van der Waals surface area contributed by atoms with Crippen LogP contribution in [-0.4, -0.2) is 63.6 Å². The second-order valence-corrected chi connectivity index (χ2v) is 7.42. The molecule has 5 unspecified atom stereocenters. The van der Waals surface area contributed by atoms with E-state index in [1.54, 1.807) is 18.2 Å². The standard InChI is InChI=1S/C22H27NO7/c1-12-8-9-15(21(28)23-13(2)14-6-4-3-5-7-14)16(10-12)29-22-20(27)19(26)18(25)17(11-24)30-22/h3-10,13,17-20,22,24-27H,11H2,1-2H3,(H,23,28)/t13?,17?,18?,19?,20?,22-/m1/s1. The van der Waals surface area contributed by atoms with E-state index in [0.717, 1.165) is 11.1 Å². The van der Waals surface area contributed by atoms with Crippen molar-refractivity contribution in [3.8, 4) is 5.75 Å². The van der Waals surface area contributed by atoms with E-state index < -0.39 is 37.3 Å². The van der Waals surface area contributed by atoms with Crippen molar-refractivity contribution in [2.45, 2.75) is 50.6 Å². The maximum Gasteiger partial charge on any atom is 0.255 e. The molecule has 1 fully saturated rings. The van der Waals surface area contributed by atoms with E-state index in [9.17, 15) is 25.2 Å². The van der Waals surface area contributed by atoms with Crippen molar-refractivity contribution >= 4 is 5.91 Å². The molecular weight excluding hydrogens is 390 g/mol. The zero-order valence-corrected chi connectivity index (χ0v) is 16.8. The Morgan fingerprint density at radius 2 is 1.80 bits per heavy atom. The van der Waals surface area contributed by atoms with Gasteiger partial charge in [0.2, 0.25) is 6.29 Å². The predicted molar refractivity (Wildman–Crippen MR) is 108 cm³/mol. The Kier molecular flexibility index (Phi) is 7.06. The first-order valence-electron chi connectivity index (χ1n) is 9.75. The van der Waals surface area contributed by atoms with Crippen LogP contribution in [0.4, 0.5) is 0 Å². The number of benzene rings is 2. The maximum atomic E-state index is 12.9. The van der Waals surface area contributed by atoms with Crippen molar-refractivity contribution in [1.82, 2.24) is 5.32 Å². The number of ether oxygens (including phenoxy) is 2. The molecule has 1 aliphatic heterocycles. The third kappa shape index (κ3) is 4.80. The molecule has 0 saturated carbocycles. The van der Waals surface area contributed by atoms with Crippen LogP contribution in [0.2, 0.25) is 0 Å². The minimum Gasteiger partial charge on any atom is -0.461 e. The van der Waals surface area contributed by atoms with Gasteiger partial charge in [-0.25, -0.2) is 0 Å². The molecule has 2 aromatic carbocycles. The fraction of sp³-hybridized carbons (Fsp3) is 0.409. The number of rotatable bonds is 6. The van der Waals surface area contributed by atoms with Gasteiger partial charge >= 0.3 is 0 Å². The van der Waals surface area contributed by atoms with Gasteiger partial charge in [0.1, 0.15) is 30.2 Å². The fourth-order valence-electron chi connectivity index (χ4n) is 3.30. The smallest absolute Gasteiger partial charge is 0.255 e. The minimum atomic E-state index is -1.57. The van der Waals surface area contributed by atoms with E-state index in [4.69, 9.17) is 9.47 Å². The summed E-state index contributed by atoms with van der Waals surface area (Å²) in [7, 11) is 0. The van der Waals surface area contributed by atoms with Gasteiger partial charge in [-0.15, -0.1) is 0 Å². The molecule has 1 aliphatic rings. The Hall–Kier alpha value is -2.49. The summed E-state index contributed by atoms with van der Waals surface area (Å²) < 4.78 is 11.1. The Bertz CT molecular complexity index is 858. The van der Waals surface area contributed by atoms with Gasteiger partial charge in [0.25, 0.3) is 5.91 Å². The number of aryl methyl sites for hydroxylation is 1. The van der Waals surface area contributed by atoms with E-state index in [-0.39, 0.29) is 23.3 Å². The highest BCUT2D eigenvalue weighted by molar-refractivity contribution is 5.97. The summed E-state index contributed by atoms with van der Waals surface area (Å²) in [5.74, 6) is -0.233. The molecule has 3 rings (SSSR count). The fourth-order valence-corrected chi connectivity index (χ4v) is 3.30. The zero-order chi connectivity index (χ0) is 21.8. The number of hydrogen-bond donors (Lipinski definition) is 5. The third-order valence-electron chi connectivity index (χ3n) is 5.12. The van der Waals surface area contributed by atoms with Crippen LogP contribution in [0.5, 0.6) is 5.75 Å². The molecule has 1 heterocycles. The Labute approximate surface area is 174 Å². The quantitative estimate of drug-likeness (QED) is 0.467. The normalized spacial score (nSPS) is 27.3. The molecule has 6 atom stereocenters. The highest BCUT2D eigenvalue weighted by Gasteiger charge is 2.45. The van der Waals surface area contributed by atoms with Gasteiger partial charge in [0, 0.05) is 0 Å². The molecule has 8 nitrogen and oxygen atoms in total. The summed E-state index contributed by atoms with van der Waals surface area (Å²) in [6, 6.07) is 14.2. The Morgan fingerprint density at radius 1 is 1.10 bits per heavy atom. The van der Waals surface area contributed by atoms with E-state index in [2.05, 4.69) is 5.32 Å². The predicted octanol–water partition coefficient (Wildman–Crippen LogP) is 0.665. The van der Waals surface area contributed by atoms with Gasteiger partial charge in [-0.05, 0) is 37.1 Å². The first-order chi connectivity index (χ1) is 14.3. The second kappa shape index (κ2) is 9.55. The van der Waals surface area contributed by atoms with E-state index in [1.165, 1.54) is 0 Å². The second-order valence-electron chi connectivity index (χ2n) is 7.42. The van der Waals surface area contributed by atoms with Crippen molar-refractivity contribution in [3.63, 3.8) is 0 Å². The Morgan fingerprint density at radius 3 is 2.47 bits per heavy atom. The molecule has 0 aliphatic carbocycles. The van der Waals surface area contributed by atoms with Gasteiger partial charge in [0.05, 0.1) is 18.2 Å². The van der Waals surface area contributed by atoms with Crippen LogP contribution in [0.1, 0.15) is 34.5 Å². The van der Waals surface area contributed by atoms with E-state index >= 15 is 0 Å². The number of aliphatic hydroxyl groups is 4. The molecule has 1 amide bonds. The number of carbonyl (C=O) groups is 1. The van der Waals surface area contributed by atoms with Crippen LogP contribution in [0.25, 0.3) is 0 Å². The summed E-state index contributed by atoms with van der Waals surface area (Å²) in [5.41, 5.74) is 1.97. The lowest BCUT2D eigenvalue weighted by atomic mass is 9.99. The van der Waals surface area contributed by atoms with Gasteiger partial charge in [-0.2, -0.15) is 0 Å². The van der Waals surface area contributed by atoms with Crippen LogP contribution in [0.15, 0.2) is 48.5 Å². The molecular formula is C22H27NO7. The third-order valence-corrected chi connectivity index (χ3v) is 5.12. The molecule has 0 radical (unpaired) electrons. The molecule has 30 heavy (non-hydrogen) atoms. The van der Waals surface area contributed by atoms with E-state index in [0.29, 0.717) is 0 Å². The number of carbonyl (C=O) groups excluding carboxylic acids is 1. The molecule has 8 heteroatoms. The van der Waals surface area contributed by atoms with Crippen molar-refractivity contribution in [3.05, 3.63) is 65.2 Å². The summed E-state index contributed by atoms with van der Waals surface area (Å²) >= 11 is 0. The molecule has 5 N–H and O–H groups in total. The zero-order valence-electron chi connectivity index (χ0n) is 16.8. The van der Waals surface area contributed by atoms with Crippen LogP contribution in [0.3, 0.4) is 0 Å². The lowest BCUT2D eigenvalue weighted by Crippen LogP contribution is -2.60. The molecule has 0 aromatic heterocycles. The summed E-state index contributed by atoms with van der Waals surface area (Å²) in [4.78, 5) is 12.9. The van der Waals surface area contributed by atoms with Gasteiger partial charge in [-0.3, -0.25) is 4.79 Å². The summed E-state index contributed by atoms with van der Waals surface area (Å²) in [6.07, 6.45) is -7.10. The van der Waals surface area contributed by atoms with Crippen LogP contribution < -0.4 is 10.1 Å². The van der Waals surface area contributed by atoms with Crippen molar-refractivity contribution < 1.29 is 34.7 Å². The molecule has 2 aromatic rings. The first-order valence-corrected chi connectivity index (χ1v) is 9.75. The molecule has 1 saturated heterocycles. The minimum absolute atomic E-state index is 0.150. The average Bonchev–Trinajstić information content (AvgIpc) is 2.74. The lowest BCUT2D eigenvalue weighted by molar-refractivity contribution is -0.277. The number of aliphatic hydroxyl groups excluding tert-OH is 4. The largest absolute Gasteiger partial charge is 0.461 e. The van der Waals surface area contributed by atoms with Crippen LogP contribution >= 0.6 is 0 Å². The van der Waals surface area contributed by atoms with E-state index in [1.807, 2.05) is 44.2 Å². The Balaban J connectivity index is 1.80. The van der Waals surface area contributed by atoms with Crippen molar-refractivity contribution in [1.29, 1.82) is 0 Å². The van der Waals surface area contributed by atoms with Crippen molar-refractivity contribution in [2.75, 3.05) is 6.61 Å². The highest BCUT2D eigenvalue weighted by atomic mass is 16.7. The first kappa shape index (κ1) is 22.2. The number of hydrogen-bond acceptors (Lipinski definition) is 7. The van der Waals surface area contributed by atoms with Gasteiger partial charge in [0.15, 0.2) is 0 Å². The molecule has 162 valence electrons. The van der Waals surface area contributed by atoms with Gasteiger partial charge < -0.3 is 35.2 Å². The maximum absolute atomic E-state index is 12.9. The van der Waals surface area contributed by atoms with Crippen LogP contribution in [-0.2, 0) is 4.74 Å². The SMILES string of the molecule is Cc1ccc(C(=O)NC(C)c2ccccc2)c(O[C@@H]2OC(CO)C(O)C(O)C2O)c1. The monoisotopic (exact) mass is 417 g/mol. The average molecular weight is 417 g/mol. The lowest BCUT2D eigenvalue weighted by Gasteiger charge is -2.39. The van der Waals surface area contributed by atoms with Gasteiger partial charge in [-0.1, -0.05) is 36.4 Å². The number of nitrogens with one attached hydrogen (secondary N) is 1. The molecule has 0 spiro atoms. The van der Waals surface area contributed by atoms with Crippen molar-refractivity contribution in [2.24, 2.45) is 0 Å². The summed E-state index contributed by atoms with van der Waals surface area (Å²) in [5, 5.41) is 42.4. The summed E-state index contributed by atoms with van der Waals surface area (Å²) in [6.45, 7) is 3.11. The van der Waals surface area contributed by atoms with Crippen LogP contribution in [0, 0.1) is 6.92 Å². The topological polar surface area (TPSA) is 128 Å². The number of amides is 1. The molecule has 0 bridgehead atoms.